The zero-order valence-electron chi connectivity index (χ0n) is 29.3. The van der Waals surface area contributed by atoms with Gasteiger partial charge in [0.15, 0.2) is 0 Å². The molecule has 0 radical (unpaired) electrons. The first-order valence-electron chi connectivity index (χ1n) is 18.0. The Morgan fingerprint density at radius 3 is 0.634 bits per heavy atom. The van der Waals surface area contributed by atoms with Crippen LogP contribution in [0.25, 0.3) is 0 Å². The van der Waals surface area contributed by atoms with E-state index in [-0.39, 0.29) is 31.0 Å². The van der Waals surface area contributed by atoms with Gasteiger partial charge >= 0.3 is 41.5 Å². The van der Waals surface area contributed by atoms with E-state index in [1.54, 1.807) is 0 Å². The molecule has 2 N–H and O–H groups in total. The van der Waals surface area contributed by atoms with Crippen molar-refractivity contribution >= 4 is 11.9 Å². The fourth-order valence-corrected chi connectivity index (χ4v) is 5.30. The predicted octanol–water partition coefficient (Wildman–Crippen LogP) is 9.78. The monoisotopic (exact) mass is 593 g/mol. The molecule has 0 aromatic carbocycles. The van der Waals surface area contributed by atoms with E-state index in [4.69, 9.17) is 10.2 Å². The molecule has 0 aliphatic rings. The Morgan fingerprint density at radius 2 is 0.488 bits per heavy atom. The molecule has 4 nitrogen and oxygen atoms in total. The van der Waals surface area contributed by atoms with Crippen LogP contribution in [0.4, 0.5) is 0 Å². The molecule has 41 heavy (non-hydrogen) atoms. The molecule has 0 aromatic heterocycles. The normalized spacial score (nSPS) is 10.6. The molecule has 0 spiro atoms. The molecule has 5 heteroatoms. The van der Waals surface area contributed by atoms with Crippen LogP contribution in [0, 0.1) is 0 Å². The van der Waals surface area contributed by atoms with Crippen LogP contribution in [0.5, 0.6) is 0 Å². The quantitative estimate of drug-likeness (QED) is 0.0602. The average molecular weight is 593 g/mol. The zero-order valence-corrected chi connectivity index (χ0v) is 30.3. The van der Waals surface area contributed by atoms with Gasteiger partial charge in [0.25, 0.3) is 0 Å². The third-order valence-electron chi connectivity index (χ3n) is 7.99. The second kappa shape index (κ2) is 42.1. The van der Waals surface area contributed by atoms with Crippen LogP contribution in [0.3, 0.4) is 0 Å². The second-order valence-electron chi connectivity index (χ2n) is 12.2. The van der Waals surface area contributed by atoms with Crippen LogP contribution < -0.4 is 29.6 Å². The second-order valence-corrected chi connectivity index (χ2v) is 12.2. The summed E-state index contributed by atoms with van der Waals surface area (Å²) >= 11 is 0. The van der Waals surface area contributed by atoms with Crippen molar-refractivity contribution in [2.45, 2.75) is 219 Å². The van der Waals surface area contributed by atoms with Crippen molar-refractivity contribution in [2.75, 3.05) is 0 Å². The number of hydrogen-bond donors (Lipinski definition) is 2. The van der Waals surface area contributed by atoms with Gasteiger partial charge in [-0.15, -0.1) is 0 Å². The molecular formula is C36H73NaO4. The van der Waals surface area contributed by atoms with Crippen LogP contribution in [0.15, 0.2) is 0 Å². The number of carbonyl (C=O) groups is 2. The van der Waals surface area contributed by atoms with E-state index in [1.807, 2.05) is 0 Å². The Labute approximate surface area is 280 Å². The van der Waals surface area contributed by atoms with E-state index in [0.717, 1.165) is 25.7 Å². The van der Waals surface area contributed by atoms with Crippen molar-refractivity contribution in [3.8, 4) is 0 Å². The molecule has 0 heterocycles. The molecule has 0 aliphatic carbocycles. The summed E-state index contributed by atoms with van der Waals surface area (Å²) in [6.45, 7) is 4.54. The maximum absolute atomic E-state index is 10.3. The smallest absolute Gasteiger partial charge is 1.00 e. The number of aliphatic carboxylic acids is 2. The molecule has 0 unspecified atom stereocenters. The van der Waals surface area contributed by atoms with Crippen LogP contribution >= 0.6 is 0 Å². The van der Waals surface area contributed by atoms with Crippen LogP contribution in [-0.4, -0.2) is 22.2 Å². The van der Waals surface area contributed by atoms with Crippen molar-refractivity contribution in [2.24, 2.45) is 0 Å². The van der Waals surface area contributed by atoms with Crippen molar-refractivity contribution in [3.05, 3.63) is 0 Å². The van der Waals surface area contributed by atoms with Gasteiger partial charge in [0.05, 0.1) is 0 Å². The Morgan fingerprint density at radius 1 is 0.341 bits per heavy atom. The molecule has 0 atom stereocenters. The van der Waals surface area contributed by atoms with Crippen molar-refractivity contribution in [3.63, 3.8) is 0 Å². The van der Waals surface area contributed by atoms with E-state index < -0.39 is 11.9 Å². The van der Waals surface area contributed by atoms with Gasteiger partial charge in [-0.25, -0.2) is 0 Å². The summed E-state index contributed by atoms with van der Waals surface area (Å²) in [6, 6.07) is 0. The van der Waals surface area contributed by atoms with E-state index in [9.17, 15) is 9.59 Å². The van der Waals surface area contributed by atoms with Gasteiger partial charge in [0.2, 0.25) is 0 Å². The summed E-state index contributed by atoms with van der Waals surface area (Å²) < 4.78 is 0. The maximum atomic E-state index is 10.3. The summed E-state index contributed by atoms with van der Waals surface area (Å²) in [6.07, 6.45) is 40.4. The van der Waals surface area contributed by atoms with Crippen molar-refractivity contribution in [1.29, 1.82) is 0 Å². The molecular weight excluding hydrogens is 519 g/mol. The van der Waals surface area contributed by atoms with Crippen LogP contribution in [-0.2, 0) is 9.59 Å². The number of unbranched alkanes of at least 4 members (excludes halogenated alkanes) is 28. The topological polar surface area (TPSA) is 74.6 Å². The molecule has 0 amide bonds. The third-order valence-corrected chi connectivity index (χ3v) is 7.99. The minimum atomic E-state index is -0.653. The van der Waals surface area contributed by atoms with Gasteiger partial charge in [-0.05, 0) is 12.8 Å². The van der Waals surface area contributed by atoms with E-state index >= 15 is 0 Å². The van der Waals surface area contributed by atoms with Crippen molar-refractivity contribution in [1.82, 2.24) is 0 Å². The van der Waals surface area contributed by atoms with Gasteiger partial charge < -0.3 is 11.6 Å². The van der Waals surface area contributed by atoms with Gasteiger partial charge in [-0.2, -0.15) is 0 Å². The Balaban J connectivity index is -0.000000328. The molecule has 0 bridgehead atoms. The number of carboxylic acids is 2. The summed E-state index contributed by atoms with van der Waals surface area (Å²) in [5.74, 6) is -1.31. The van der Waals surface area contributed by atoms with Gasteiger partial charge in [0, 0.05) is 12.8 Å². The molecule has 0 saturated heterocycles. The standard InChI is InChI=1S/2C18H36O2.Na.H/c2*1-2-3-4-5-6-7-8-9-10-11-12-13-14-15-16-17-18(19)20;;/h2*2-17H2,1H3,(H,19,20);;/q;;+1;-1. The first kappa shape index (κ1) is 45.4. The largest absolute Gasteiger partial charge is 1.00 e. The first-order chi connectivity index (χ1) is 19.5. The number of hydrogen-bond acceptors (Lipinski definition) is 2. The van der Waals surface area contributed by atoms with E-state index in [2.05, 4.69) is 13.8 Å². The average Bonchev–Trinajstić information content (AvgIpc) is 2.93. The Bertz CT molecular complexity index is 461. The van der Waals surface area contributed by atoms with Crippen molar-refractivity contribution < 1.29 is 50.8 Å². The van der Waals surface area contributed by atoms with Crippen LogP contribution in [0.2, 0.25) is 0 Å². The summed E-state index contributed by atoms with van der Waals surface area (Å²) in [5.41, 5.74) is 0. The maximum Gasteiger partial charge on any atom is 1.00 e. The SMILES string of the molecule is CCCCCCCCCCCCCCCCCC(=O)O.CCCCCCCCCCCCCCCCCC(=O)O.[H-].[Na+]. The summed E-state index contributed by atoms with van der Waals surface area (Å²) in [4.78, 5) is 20.7. The Kier molecular flexibility index (Phi) is 46.6. The summed E-state index contributed by atoms with van der Waals surface area (Å²) in [5, 5.41) is 17.0. The molecule has 0 saturated carbocycles. The fourth-order valence-electron chi connectivity index (χ4n) is 5.30. The molecule has 0 fully saturated rings. The minimum absolute atomic E-state index is 0. The van der Waals surface area contributed by atoms with Crippen LogP contribution in [0.1, 0.15) is 221 Å². The molecule has 0 rings (SSSR count). The van der Waals surface area contributed by atoms with E-state index in [0.29, 0.717) is 12.8 Å². The fraction of sp³-hybridized carbons (Fsp3) is 0.944. The number of carboxylic acid groups (broad SMARTS) is 2. The molecule has 0 aromatic rings. The third kappa shape index (κ3) is 49.9. The predicted molar refractivity (Wildman–Crippen MR) is 175 cm³/mol. The van der Waals surface area contributed by atoms with Gasteiger partial charge in [0.1, 0.15) is 0 Å². The molecule has 0 aliphatic heterocycles. The number of rotatable bonds is 32. The Hall–Kier alpha value is -0.0600. The van der Waals surface area contributed by atoms with E-state index in [1.165, 1.54) is 167 Å². The molecule has 242 valence electrons. The van der Waals surface area contributed by atoms with Gasteiger partial charge in [-0.1, -0.05) is 194 Å². The first-order valence-corrected chi connectivity index (χ1v) is 18.0. The van der Waals surface area contributed by atoms with Gasteiger partial charge in [-0.3, -0.25) is 9.59 Å². The minimum Gasteiger partial charge on any atom is -1.00 e. The summed E-state index contributed by atoms with van der Waals surface area (Å²) in [7, 11) is 0. The zero-order chi connectivity index (χ0) is 29.8.